The van der Waals surface area contributed by atoms with Crippen LogP contribution in [-0.4, -0.2) is 33.7 Å². The minimum absolute atomic E-state index is 0.191. The number of carbonyl (C=O) groups excluding carboxylic acids is 1. The Balaban J connectivity index is 2.04. The van der Waals surface area contributed by atoms with Crippen molar-refractivity contribution in [3.63, 3.8) is 0 Å². The molecule has 17 heavy (non-hydrogen) atoms. The number of nitrogens with zero attached hydrogens (tertiary/aromatic N) is 3. The predicted octanol–water partition coefficient (Wildman–Crippen LogP) is 2.31. The van der Waals surface area contributed by atoms with Crippen molar-refractivity contribution in [1.82, 2.24) is 14.7 Å². The maximum absolute atomic E-state index is 12.3. The summed E-state index contributed by atoms with van der Waals surface area (Å²) >= 11 is 2.21. The third kappa shape index (κ3) is 3.00. The van der Waals surface area contributed by atoms with Crippen molar-refractivity contribution in [3.8, 4) is 0 Å². The summed E-state index contributed by atoms with van der Waals surface area (Å²) in [5.41, 5.74) is 0. The number of halogens is 1. The van der Waals surface area contributed by atoms with Gasteiger partial charge >= 0.3 is 0 Å². The van der Waals surface area contributed by atoms with E-state index in [2.05, 4.69) is 34.6 Å². The van der Waals surface area contributed by atoms with Gasteiger partial charge in [-0.05, 0) is 48.3 Å². The first-order valence-corrected chi connectivity index (χ1v) is 7.14. The van der Waals surface area contributed by atoms with Gasteiger partial charge < -0.3 is 4.90 Å². The topological polar surface area (TPSA) is 38.1 Å². The summed E-state index contributed by atoms with van der Waals surface area (Å²) in [4.78, 5) is 14.3. The Morgan fingerprint density at radius 3 is 3.00 bits per heavy atom. The molecular formula is C12H18IN3O. The van der Waals surface area contributed by atoms with Gasteiger partial charge in [0.1, 0.15) is 6.04 Å². The van der Waals surface area contributed by atoms with Crippen LogP contribution in [0.2, 0.25) is 0 Å². The first kappa shape index (κ1) is 12.9. The van der Waals surface area contributed by atoms with Crippen LogP contribution in [0.1, 0.15) is 32.7 Å². The number of hydrogen-bond donors (Lipinski definition) is 0. The predicted molar refractivity (Wildman–Crippen MR) is 74.6 cm³/mol. The van der Waals surface area contributed by atoms with Gasteiger partial charge in [-0.1, -0.05) is 6.92 Å². The third-order valence-corrected chi connectivity index (χ3v) is 3.85. The van der Waals surface area contributed by atoms with Crippen molar-refractivity contribution in [3.05, 3.63) is 16.0 Å². The maximum Gasteiger partial charge on any atom is 0.247 e. The van der Waals surface area contributed by atoms with Crippen LogP contribution in [0.4, 0.5) is 0 Å². The SMILES string of the molecule is CC1CCCN(C(=O)C(C)n2cc(I)cn2)C1. The van der Waals surface area contributed by atoms with Crippen molar-refractivity contribution < 1.29 is 4.79 Å². The molecule has 0 aromatic carbocycles. The number of amides is 1. The van der Waals surface area contributed by atoms with Crippen LogP contribution in [0, 0.1) is 9.49 Å². The number of aromatic nitrogens is 2. The number of piperidine rings is 1. The van der Waals surface area contributed by atoms with E-state index in [1.54, 1.807) is 10.9 Å². The van der Waals surface area contributed by atoms with Gasteiger partial charge in [0, 0.05) is 19.3 Å². The van der Waals surface area contributed by atoms with Gasteiger partial charge in [0.15, 0.2) is 0 Å². The Morgan fingerprint density at radius 1 is 1.65 bits per heavy atom. The van der Waals surface area contributed by atoms with Gasteiger partial charge in [-0.25, -0.2) is 0 Å². The highest BCUT2D eigenvalue weighted by Gasteiger charge is 2.26. The number of hydrogen-bond acceptors (Lipinski definition) is 2. The van der Waals surface area contributed by atoms with E-state index in [4.69, 9.17) is 0 Å². The van der Waals surface area contributed by atoms with E-state index >= 15 is 0 Å². The lowest BCUT2D eigenvalue weighted by Crippen LogP contribution is -2.42. The molecule has 94 valence electrons. The molecule has 1 aromatic rings. The molecule has 1 saturated heterocycles. The fraction of sp³-hybridized carbons (Fsp3) is 0.667. The molecule has 1 aromatic heterocycles. The highest BCUT2D eigenvalue weighted by atomic mass is 127. The van der Waals surface area contributed by atoms with Gasteiger partial charge in [-0.3, -0.25) is 9.48 Å². The van der Waals surface area contributed by atoms with Crippen LogP contribution in [0.15, 0.2) is 12.4 Å². The highest BCUT2D eigenvalue weighted by Crippen LogP contribution is 2.19. The zero-order valence-corrected chi connectivity index (χ0v) is 12.4. The minimum atomic E-state index is -0.191. The number of rotatable bonds is 2. The van der Waals surface area contributed by atoms with Gasteiger partial charge in [0.25, 0.3) is 0 Å². The van der Waals surface area contributed by atoms with Crippen LogP contribution in [0.5, 0.6) is 0 Å². The van der Waals surface area contributed by atoms with Crippen LogP contribution < -0.4 is 0 Å². The van der Waals surface area contributed by atoms with Gasteiger partial charge in [0.05, 0.1) is 9.77 Å². The molecule has 1 aliphatic heterocycles. The third-order valence-electron chi connectivity index (χ3n) is 3.29. The average molecular weight is 347 g/mol. The molecule has 0 radical (unpaired) electrons. The second kappa shape index (κ2) is 5.37. The molecule has 2 heterocycles. The zero-order valence-electron chi connectivity index (χ0n) is 10.3. The van der Waals surface area contributed by atoms with Gasteiger partial charge in [-0.15, -0.1) is 0 Å². The van der Waals surface area contributed by atoms with Crippen molar-refractivity contribution in [2.75, 3.05) is 13.1 Å². The Labute approximate surface area is 116 Å². The second-order valence-electron chi connectivity index (χ2n) is 4.85. The molecule has 1 aliphatic rings. The van der Waals surface area contributed by atoms with Crippen LogP contribution in [0.3, 0.4) is 0 Å². The largest absolute Gasteiger partial charge is 0.341 e. The summed E-state index contributed by atoms with van der Waals surface area (Å²) in [5.74, 6) is 0.814. The monoisotopic (exact) mass is 347 g/mol. The van der Waals surface area contributed by atoms with E-state index in [1.807, 2.05) is 18.0 Å². The molecule has 5 heteroatoms. The normalized spacial score (nSPS) is 22.5. The van der Waals surface area contributed by atoms with E-state index in [0.29, 0.717) is 5.92 Å². The summed E-state index contributed by atoms with van der Waals surface area (Å²) in [5, 5.41) is 4.21. The van der Waals surface area contributed by atoms with E-state index in [1.165, 1.54) is 6.42 Å². The first-order chi connectivity index (χ1) is 8.08. The van der Waals surface area contributed by atoms with E-state index in [0.717, 1.165) is 23.1 Å². The molecule has 4 nitrogen and oxygen atoms in total. The Kier molecular flexibility index (Phi) is 4.06. The molecule has 0 N–H and O–H groups in total. The fourth-order valence-electron chi connectivity index (χ4n) is 2.29. The Hall–Kier alpha value is -0.590. The second-order valence-corrected chi connectivity index (χ2v) is 6.09. The smallest absolute Gasteiger partial charge is 0.247 e. The summed E-state index contributed by atoms with van der Waals surface area (Å²) in [6.45, 7) is 5.92. The number of likely N-dealkylation sites (tertiary alicyclic amines) is 1. The maximum atomic E-state index is 12.3. The van der Waals surface area contributed by atoms with E-state index in [-0.39, 0.29) is 11.9 Å². The summed E-state index contributed by atoms with van der Waals surface area (Å²) in [7, 11) is 0. The molecule has 0 aliphatic carbocycles. The molecule has 1 amide bonds. The van der Waals surface area contributed by atoms with Crippen molar-refractivity contribution in [2.24, 2.45) is 5.92 Å². The van der Waals surface area contributed by atoms with Crippen molar-refractivity contribution in [2.45, 2.75) is 32.7 Å². The Morgan fingerprint density at radius 2 is 2.41 bits per heavy atom. The molecule has 0 saturated carbocycles. The van der Waals surface area contributed by atoms with Crippen LogP contribution in [0.25, 0.3) is 0 Å². The quantitative estimate of drug-likeness (QED) is 0.770. The average Bonchev–Trinajstić information content (AvgIpc) is 2.74. The first-order valence-electron chi connectivity index (χ1n) is 6.06. The summed E-state index contributed by atoms with van der Waals surface area (Å²) < 4.78 is 2.82. The summed E-state index contributed by atoms with van der Waals surface area (Å²) in [6, 6.07) is -0.191. The molecule has 0 spiro atoms. The minimum Gasteiger partial charge on any atom is -0.341 e. The molecule has 2 atom stereocenters. The standard InChI is InChI=1S/C12H18IN3O/c1-9-4-3-5-15(7-9)12(17)10(2)16-8-11(13)6-14-16/h6,8-10H,3-5,7H2,1-2H3. The molecule has 2 rings (SSSR count). The van der Waals surface area contributed by atoms with Crippen molar-refractivity contribution in [1.29, 1.82) is 0 Å². The molecule has 0 bridgehead atoms. The molecule has 1 fully saturated rings. The number of carbonyl (C=O) groups is 1. The Bertz CT molecular complexity index is 404. The molecule has 2 unspecified atom stereocenters. The van der Waals surface area contributed by atoms with Gasteiger partial charge in [-0.2, -0.15) is 5.10 Å². The lowest BCUT2D eigenvalue weighted by Gasteiger charge is -2.32. The summed E-state index contributed by atoms with van der Waals surface area (Å²) in [6.07, 6.45) is 6.05. The lowest BCUT2D eigenvalue weighted by atomic mass is 10.00. The highest BCUT2D eigenvalue weighted by molar-refractivity contribution is 14.1. The van der Waals surface area contributed by atoms with Crippen molar-refractivity contribution >= 4 is 28.5 Å². The van der Waals surface area contributed by atoms with E-state index in [9.17, 15) is 4.79 Å². The lowest BCUT2D eigenvalue weighted by molar-refractivity contribution is -0.136. The zero-order chi connectivity index (χ0) is 12.4. The fourth-order valence-corrected chi connectivity index (χ4v) is 2.70. The van der Waals surface area contributed by atoms with E-state index < -0.39 is 0 Å². The van der Waals surface area contributed by atoms with Crippen LogP contribution >= 0.6 is 22.6 Å². The van der Waals surface area contributed by atoms with Gasteiger partial charge in [0.2, 0.25) is 5.91 Å². The van der Waals surface area contributed by atoms with Crippen LogP contribution in [-0.2, 0) is 4.79 Å². The molecular weight excluding hydrogens is 329 g/mol.